The minimum atomic E-state index is -3.87. The van der Waals surface area contributed by atoms with E-state index in [9.17, 15) is 18.7 Å². The quantitative estimate of drug-likeness (QED) is 0.203. The Bertz CT molecular complexity index is 2360. The maximum Gasteiger partial charge on any atom is 0.475 e. The van der Waals surface area contributed by atoms with Crippen LogP contribution in [0.25, 0.3) is 0 Å². The fourth-order valence-corrected chi connectivity index (χ4v) is 12.5. The first-order valence-electron chi connectivity index (χ1n) is 22.9. The summed E-state index contributed by atoms with van der Waals surface area (Å²) < 4.78 is 97.1. The third-order valence-corrected chi connectivity index (χ3v) is 15.9. The molecule has 10 rings (SSSR count). The van der Waals surface area contributed by atoms with Gasteiger partial charge in [0.2, 0.25) is 18.0 Å². The van der Waals surface area contributed by atoms with E-state index in [4.69, 9.17) is 90.2 Å². The van der Waals surface area contributed by atoms with E-state index >= 15 is 0 Å². The Balaban J connectivity index is 0.000000174. The number of rotatable bonds is 12. The van der Waals surface area contributed by atoms with Gasteiger partial charge in [0.05, 0.1) is 50.4 Å². The second kappa shape index (κ2) is 20.9. The minimum Gasteiger partial charge on any atom is -0.366 e. The number of hydrogen-bond acceptors (Lipinski definition) is 17. The molecular formula is C46H57Cl2N4O16P2+. The van der Waals surface area contributed by atoms with Crippen molar-refractivity contribution in [1.29, 1.82) is 0 Å². The van der Waals surface area contributed by atoms with Crippen molar-refractivity contribution in [2.75, 3.05) is 26.4 Å². The zero-order chi connectivity index (χ0) is 49.6. The van der Waals surface area contributed by atoms with Crippen LogP contribution in [0.4, 0.5) is 0 Å². The van der Waals surface area contributed by atoms with Gasteiger partial charge in [-0.25, -0.2) is 9.13 Å². The van der Waals surface area contributed by atoms with Gasteiger partial charge in [0.15, 0.2) is 23.9 Å². The number of amides is 2. The molecule has 0 radical (unpaired) electrons. The molecule has 70 heavy (non-hydrogen) atoms. The average Bonchev–Trinajstić information content (AvgIpc) is 4.03. The molecule has 6 saturated heterocycles. The lowest BCUT2D eigenvalue weighted by molar-refractivity contribution is -0.853. The molecule has 5 N–H and O–H groups in total. The van der Waals surface area contributed by atoms with Crippen molar-refractivity contribution in [2.24, 2.45) is 11.5 Å². The molecule has 0 aliphatic carbocycles. The second-order valence-corrected chi connectivity index (χ2v) is 22.6. The summed E-state index contributed by atoms with van der Waals surface area (Å²) in [5.41, 5.74) is 13.5. The molecule has 24 heteroatoms. The number of fused-ring (bicyclic) bond motifs is 2. The molecule has 2 aromatic rings. The van der Waals surface area contributed by atoms with Crippen LogP contribution in [0.1, 0.15) is 76.7 Å². The van der Waals surface area contributed by atoms with Gasteiger partial charge < -0.3 is 44.8 Å². The molecule has 8 aliphatic rings. The first-order chi connectivity index (χ1) is 33.2. The van der Waals surface area contributed by atoms with Crippen LogP contribution >= 0.6 is 38.8 Å². The van der Waals surface area contributed by atoms with Crippen molar-refractivity contribution in [1.82, 2.24) is 4.90 Å². The average molecular weight is 1050 g/mol. The smallest absolute Gasteiger partial charge is 0.366 e. The highest BCUT2D eigenvalue weighted by Gasteiger charge is 2.60. The highest BCUT2D eigenvalue weighted by atomic mass is 35.5. The summed E-state index contributed by atoms with van der Waals surface area (Å²) in [6, 6.07) is 14.4. The number of carbonyl (C=O) groups excluding carboxylic acids is 2. The Morgan fingerprint density at radius 1 is 0.729 bits per heavy atom. The van der Waals surface area contributed by atoms with Gasteiger partial charge in [0.25, 0.3) is 0 Å². The van der Waals surface area contributed by atoms with Crippen molar-refractivity contribution in [2.45, 2.75) is 126 Å². The minimum absolute atomic E-state index is 0.0972. The zero-order valence-electron chi connectivity index (χ0n) is 38.8. The fourth-order valence-electron chi connectivity index (χ4n) is 9.35. The molecule has 20 nitrogen and oxygen atoms in total. The maximum absolute atomic E-state index is 13.3. The van der Waals surface area contributed by atoms with Gasteiger partial charge in [0, 0.05) is 47.3 Å². The number of hydrogen-bond donors (Lipinski definition) is 3. The highest BCUT2D eigenvalue weighted by Crippen LogP contribution is 2.59. The lowest BCUT2D eigenvalue weighted by atomic mass is 10.1. The van der Waals surface area contributed by atoms with E-state index in [1.54, 1.807) is 53.8 Å². The predicted molar refractivity (Wildman–Crippen MR) is 249 cm³/mol. The van der Waals surface area contributed by atoms with Gasteiger partial charge in [-0.2, -0.15) is 0 Å². The molecule has 6 fully saturated rings. The summed E-state index contributed by atoms with van der Waals surface area (Å²) >= 11 is 12.2. The molecule has 2 aromatic carbocycles. The van der Waals surface area contributed by atoms with Gasteiger partial charge in [-0.15, -0.1) is 0 Å². The predicted octanol–water partition coefficient (Wildman–Crippen LogP) is 6.14. The van der Waals surface area contributed by atoms with E-state index < -0.39 is 100 Å². The lowest BCUT2D eigenvalue weighted by Gasteiger charge is -2.32. The van der Waals surface area contributed by atoms with Gasteiger partial charge >= 0.3 is 15.6 Å². The summed E-state index contributed by atoms with van der Waals surface area (Å²) in [6.07, 6.45) is 7.45. The third-order valence-electron chi connectivity index (χ3n) is 12.4. The van der Waals surface area contributed by atoms with E-state index in [-0.39, 0.29) is 26.4 Å². The number of primary amides is 2. The Morgan fingerprint density at radius 3 is 1.80 bits per heavy atom. The van der Waals surface area contributed by atoms with Crippen molar-refractivity contribution in [3.63, 3.8) is 0 Å². The lowest BCUT2D eigenvalue weighted by Crippen LogP contribution is -3.09. The van der Waals surface area contributed by atoms with Crippen LogP contribution in [0, 0.1) is 0 Å². The second-order valence-electron chi connectivity index (χ2n) is 18.5. The fraction of sp³-hybridized carbons (Fsp3) is 0.522. The summed E-state index contributed by atoms with van der Waals surface area (Å²) in [6.45, 7) is 7.46. The maximum atomic E-state index is 13.3. The number of nitrogens with one attached hydrogen (secondary N) is 1. The van der Waals surface area contributed by atoms with E-state index in [1.807, 2.05) is 64.2 Å². The van der Waals surface area contributed by atoms with E-state index in [2.05, 4.69) is 0 Å². The van der Waals surface area contributed by atoms with Crippen molar-refractivity contribution >= 4 is 50.7 Å². The zero-order valence-corrected chi connectivity index (χ0v) is 42.1. The SMILES string of the molecule is CC1(C)O[C@@H]2[C@H](O1)C(COP1(=O)OCCC(c3cccc(Cl)c3)O1)O[C@H]2N1C=CCC(C(N)=O)=C1.CC1(C)O[C@@H]2[C@H](O1)C(COP1(=O)OCCC(c3cccc(Cl)c3)O1)O[C@H]2[NH+]1C=CCC(C(N)=O)=C1. The van der Waals surface area contributed by atoms with E-state index in [0.717, 1.165) is 16.0 Å². The number of phosphoric ester groups is 2. The molecule has 0 saturated carbocycles. The summed E-state index contributed by atoms with van der Waals surface area (Å²) in [7, 11) is -7.73. The molecule has 7 unspecified atom stereocenters. The number of halogens is 2. The van der Waals surface area contributed by atoms with Crippen LogP contribution in [0.3, 0.4) is 0 Å². The van der Waals surface area contributed by atoms with Crippen molar-refractivity contribution in [3.8, 4) is 0 Å². The highest BCUT2D eigenvalue weighted by molar-refractivity contribution is 7.48. The van der Waals surface area contributed by atoms with Crippen LogP contribution in [0.2, 0.25) is 10.0 Å². The normalized spacial score (nSPS) is 37.2. The summed E-state index contributed by atoms with van der Waals surface area (Å²) in [4.78, 5) is 25.9. The molecule has 13 atom stereocenters. The molecule has 0 bridgehead atoms. The van der Waals surface area contributed by atoms with Gasteiger partial charge in [-0.05, 0) is 75.6 Å². The Kier molecular flexibility index (Phi) is 15.4. The summed E-state index contributed by atoms with van der Waals surface area (Å²) in [5.74, 6) is -2.68. The first-order valence-corrected chi connectivity index (χ1v) is 26.6. The van der Waals surface area contributed by atoms with Crippen LogP contribution in [-0.4, -0.2) is 104 Å². The number of phosphoric acid groups is 2. The number of nitrogens with two attached hydrogens (primary N) is 2. The molecule has 2 amide bonds. The van der Waals surface area contributed by atoms with E-state index in [0.29, 0.717) is 46.9 Å². The number of carbonyl (C=O) groups is 2. The molecule has 0 aromatic heterocycles. The van der Waals surface area contributed by atoms with Crippen LogP contribution in [0.15, 0.2) is 96.6 Å². The van der Waals surface area contributed by atoms with Gasteiger partial charge in [0.1, 0.15) is 36.7 Å². The summed E-state index contributed by atoms with van der Waals surface area (Å²) in [5, 5.41) is 1.12. The van der Waals surface area contributed by atoms with Gasteiger partial charge in [-0.3, -0.25) is 41.6 Å². The molecule has 8 aliphatic heterocycles. The largest absolute Gasteiger partial charge is 0.475 e. The number of nitrogens with zero attached hydrogens (tertiary/aromatic N) is 1. The Morgan fingerprint density at radius 2 is 1.24 bits per heavy atom. The van der Waals surface area contributed by atoms with Crippen LogP contribution in [-0.2, 0) is 74.3 Å². The number of allylic oxidation sites excluding steroid dienone is 2. The van der Waals surface area contributed by atoms with Gasteiger partial charge in [-0.1, -0.05) is 53.5 Å². The molecule has 0 spiro atoms. The Labute approximate surface area is 415 Å². The monoisotopic (exact) mass is 1050 g/mol. The standard InChI is InChI=1S/2C23H28ClN2O8P/c2*1-23(2)32-19-18(31-22(20(19)33-23)26-9-4-6-15(12-26)21(25)27)13-30-35(28)29-10-8-17(34-35)14-5-3-7-16(24)11-14/h2*3-5,7,9,11-12,17-20,22H,6,8,10,13H2,1-2H3,(H2,25,27)/p+1/t2*17?,18?,19-,20-,22-,35?/m11/s1. The van der Waals surface area contributed by atoms with Crippen LogP contribution in [0.5, 0.6) is 0 Å². The van der Waals surface area contributed by atoms with E-state index in [1.165, 1.54) is 0 Å². The third kappa shape index (κ3) is 11.9. The Hall–Kier alpha value is -3.34. The molecule has 380 valence electrons. The number of benzene rings is 2. The first kappa shape index (κ1) is 51.6. The molecule has 8 heterocycles. The topological polar surface area (TPSA) is 239 Å². The van der Waals surface area contributed by atoms with Crippen LogP contribution < -0.4 is 16.4 Å². The number of quaternary nitrogens is 1. The van der Waals surface area contributed by atoms with Crippen molar-refractivity contribution in [3.05, 3.63) is 118 Å². The van der Waals surface area contributed by atoms with Crippen molar-refractivity contribution < 1.29 is 79.2 Å². The molecular weight excluding hydrogens is 997 g/mol. The number of ether oxygens (including phenoxy) is 6.